The first kappa shape index (κ1) is 21.1. The van der Waals surface area contributed by atoms with E-state index in [4.69, 9.17) is 0 Å². The lowest BCUT2D eigenvalue weighted by Crippen LogP contribution is -2.42. The highest BCUT2D eigenvalue weighted by atomic mass is 19.4. The second-order valence-corrected chi connectivity index (χ2v) is 7.23. The summed E-state index contributed by atoms with van der Waals surface area (Å²) < 4.78 is 69.1. The summed E-state index contributed by atoms with van der Waals surface area (Å²) >= 11 is 0. The second kappa shape index (κ2) is 8.16. The molecule has 12 heteroatoms. The van der Waals surface area contributed by atoms with Crippen molar-refractivity contribution in [1.29, 1.82) is 0 Å². The third-order valence-electron chi connectivity index (χ3n) is 4.89. The maximum atomic E-state index is 13.0. The largest absolute Gasteiger partial charge is 0.453 e. The molecule has 31 heavy (non-hydrogen) atoms. The summed E-state index contributed by atoms with van der Waals surface area (Å²) in [5.41, 5.74) is 1.35. The van der Waals surface area contributed by atoms with E-state index in [0.717, 1.165) is 29.6 Å². The minimum Gasteiger partial charge on any atom is -0.435 e. The van der Waals surface area contributed by atoms with E-state index in [1.54, 1.807) is 25.1 Å². The van der Waals surface area contributed by atoms with Gasteiger partial charge < -0.3 is 15.0 Å². The van der Waals surface area contributed by atoms with Crippen molar-refractivity contribution < 1.29 is 26.7 Å². The zero-order chi connectivity index (χ0) is 22.2. The highest BCUT2D eigenvalue weighted by Crippen LogP contribution is 2.28. The van der Waals surface area contributed by atoms with Gasteiger partial charge in [-0.05, 0) is 44.0 Å². The summed E-state index contributed by atoms with van der Waals surface area (Å²) in [5.74, 6) is -0.924. The highest BCUT2D eigenvalue weighted by molar-refractivity contribution is 5.51. The van der Waals surface area contributed by atoms with Gasteiger partial charge in [-0.2, -0.15) is 31.5 Å². The quantitative estimate of drug-likeness (QED) is 0.600. The summed E-state index contributed by atoms with van der Waals surface area (Å²) in [6, 6.07) is 7.89. The number of rotatable bonds is 5. The fourth-order valence-corrected chi connectivity index (χ4v) is 3.59. The average molecular weight is 442 g/mol. The average Bonchev–Trinajstić information content (AvgIpc) is 3.13. The van der Waals surface area contributed by atoms with Crippen molar-refractivity contribution in [1.82, 2.24) is 19.6 Å². The molecule has 1 fully saturated rings. The molecule has 0 aliphatic carbocycles. The van der Waals surface area contributed by atoms with E-state index < -0.39 is 18.6 Å². The van der Waals surface area contributed by atoms with E-state index in [0.29, 0.717) is 18.1 Å². The molecule has 0 spiro atoms. The van der Waals surface area contributed by atoms with Gasteiger partial charge in [0.2, 0.25) is 0 Å². The first-order valence-electron chi connectivity index (χ1n) is 9.57. The number of nitrogens with zero attached hydrogens (tertiary/aromatic N) is 5. The van der Waals surface area contributed by atoms with Crippen LogP contribution in [0.15, 0.2) is 30.3 Å². The Morgan fingerprint density at radius 2 is 1.90 bits per heavy atom. The number of alkyl halides is 5. The molecule has 166 valence electrons. The Kier molecular flexibility index (Phi) is 5.54. The van der Waals surface area contributed by atoms with Crippen LogP contribution in [-0.4, -0.2) is 45.3 Å². The highest BCUT2D eigenvalue weighted by Gasteiger charge is 2.37. The number of ether oxygens (including phenoxy) is 1. The predicted molar refractivity (Wildman–Crippen MR) is 102 cm³/mol. The molecule has 3 heterocycles. The van der Waals surface area contributed by atoms with Gasteiger partial charge >= 0.3 is 12.8 Å². The van der Waals surface area contributed by atoms with Crippen LogP contribution >= 0.6 is 0 Å². The molecule has 7 nitrogen and oxygen atoms in total. The van der Waals surface area contributed by atoms with Crippen molar-refractivity contribution in [2.75, 3.05) is 23.3 Å². The Labute approximate surface area is 173 Å². The van der Waals surface area contributed by atoms with Crippen molar-refractivity contribution in [2.45, 2.75) is 38.6 Å². The molecular weight excluding hydrogens is 423 g/mol. The van der Waals surface area contributed by atoms with Crippen molar-refractivity contribution in [2.24, 2.45) is 0 Å². The second-order valence-electron chi connectivity index (χ2n) is 7.23. The van der Waals surface area contributed by atoms with E-state index in [-0.39, 0.29) is 17.6 Å². The van der Waals surface area contributed by atoms with Crippen LogP contribution in [0.4, 0.5) is 33.5 Å². The molecule has 0 radical (unpaired) electrons. The molecule has 0 bridgehead atoms. The zero-order valence-corrected chi connectivity index (χ0v) is 16.4. The summed E-state index contributed by atoms with van der Waals surface area (Å²) in [6.45, 7) is 0.117. The maximum absolute atomic E-state index is 13.0. The van der Waals surface area contributed by atoms with Gasteiger partial charge in [0.1, 0.15) is 11.6 Å². The van der Waals surface area contributed by atoms with Crippen LogP contribution in [-0.2, 0) is 6.18 Å². The van der Waals surface area contributed by atoms with E-state index in [1.807, 2.05) is 0 Å². The van der Waals surface area contributed by atoms with E-state index >= 15 is 0 Å². The first-order valence-corrected chi connectivity index (χ1v) is 9.57. The zero-order valence-electron chi connectivity index (χ0n) is 16.4. The van der Waals surface area contributed by atoms with Crippen LogP contribution in [0.25, 0.3) is 5.78 Å². The van der Waals surface area contributed by atoms with Crippen LogP contribution in [0.3, 0.4) is 0 Å². The molecule has 1 aromatic carbocycles. The van der Waals surface area contributed by atoms with Gasteiger partial charge in [-0.3, -0.25) is 0 Å². The number of anilines is 2. The minimum absolute atomic E-state index is 0.0747. The number of benzene rings is 1. The molecule has 1 aliphatic heterocycles. The Balaban J connectivity index is 1.52. The molecule has 0 amide bonds. The lowest BCUT2D eigenvalue weighted by Gasteiger charge is -2.35. The van der Waals surface area contributed by atoms with Gasteiger partial charge in [-0.1, -0.05) is 0 Å². The smallest absolute Gasteiger partial charge is 0.435 e. The lowest BCUT2D eigenvalue weighted by molar-refractivity contribution is -0.144. The first-order chi connectivity index (χ1) is 14.7. The third kappa shape index (κ3) is 4.78. The number of fused-ring (bicyclic) bond motifs is 1. The molecule has 1 N–H and O–H groups in total. The summed E-state index contributed by atoms with van der Waals surface area (Å²) in [7, 11) is 0. The Morgan fingerprint density at radius 3 is 2.58 bits per heavy atom. The van der Waals surface area contributed by atoms with Crippen molar-refractivity contribution in [3.05, 3.63) is 41.9 Å². The van der Waals surface area contributed by atoms with Crippen molar-refractivity contribution >= 4 is 17.3 Å². The normalized spacial score (nSPS) is 17.4. The topological polar surface area (TPSA) is 67.6 Å². The Morgan fingerprint density at radius 1 is 1.16 bits per heavy atom. The molecule has 1 saturated heterocycles. The number of hydrogen-bond donors (Lipinski definition) is 1. The van der Waals surface area contributed by atoms with E-state index in [2.05, 4.69) is 30.0 Å². The molecule has 1 atom stereocenters. The summed E-state index contributed by atoms with van der Waals surface area (Å²) in [6.07, 6.45) is -3.03. The van der Waals surface area contributed by atoms with Crippen LogP contribution < -0.4 is 15.0 Å². The molecule has 1 aliphatic rings. The minimum atomic E-state index is -4.67. The van der Waals surface area contributed by atoms with Crippen LogP contribution in [0, 0.1) is 6.92 Å². The molecular formula is C19H19F5N6O. The van der Waals surface area contributed by atoms with Gasteiger partial charge in [-0.15, -0.1) is 5.10 Å². The number of aromatic nitrogens is 4. The fourth-order valence-electron chi connectivity index (χ4n) is 3.59. The van der Waals surface area contributed by atoms with E-state index in [1.165, 1.54) is 12.1 Å². The number of piperidine rings is 1. The SMILES string of the molecule is Cc1cc(NC2CCCN(c3ccc(OC(F)F)cc3)C2)n2nc(C(F)(F)F)nc2n1. The van der Waals surface area contributed by atoms with Gasteiger partial charge in [0.05, 0.1) is 0 Å². The van der Waals surface area contributed by atoms with Gasteiger partial charge in [0, 0.05) is 36.6 Å². The van der Waals surface area contributed by atoms with Crippen LogP contribution in [0.1, 0.15) is 24.4 Å². The van der Waals surface area contributed by atoms with Gasteiger partial charge in [0.15, 0.2) is 0 Å². The van der Waals surface area contributed by atoms with Crippen molar-refractivity contribution in [3.8, 4) is 5.75 Å². The molecule has 0 saturated carbocycles. The monoisotopic (exact) mass is 442 g/mol. The summed E-state index contributed by atoms with van der Waals surface area (Å²) in [4.78, 5) is 9.59. The number of nitrogens with one attached hydrogen (secondary N) is 1. The molecule has 4 rings (SSSR count). The number of halogens is 5. The molecule has 1 unspecified atom stereocenters. The van der Waals surface area contributed by atoms with E-state index in [9.17, 15) is 22.0 Å². The maximum Gasteiger partial charge on any atom is 0.453 e. The summed E-state index contributed by atoms with van der Waals surface area (Å²) in [5, 5.41) is 6.82. The third-order valence-corrected chi connectivity index (χ3v) is 4.89. The number of hydrogen-bond acceptors (Lipinski definition) is 6. The van der Waals surface area contributed by atoms with Gasteiger partial charge in [0.25, 0.3) is 11.6 Å². The fraction of sp³-hybridized carbons (Fsp3) is 0.421. The number of aryl methyl sites for hydroxylation is 1. The lowest BCUT2D eigenvalue weighted by atomic mass is 10.0. The Hall–Kier alpha value is -3.18. The van der Waals surface area contributed by atoms with Crippen LogP contribution in [0.2, 0.25) is 0 Å². The van der Waals surface area contributed by atoms with Crippen LogP contribution in [0.5, 0.6) is 5.75 Å². The predicted octanol–water partition coefficient (Wildman–Crippen LogP) is 4.13. The molecule has 3 aromatic rings. The molecule has 2 aromatic heterocycles. The standard InChI is InChI=1S/C19H19F5N6O/c1-11-9-15(30-18(25-11)27-16(28-30)19(22,23)24)26-12-3-2-8-29(10-12)13-4-6-14(7-5-13)31-17(20)21/h4-7,9,12,17,26H,2-3,8,10H2,1H3. The van der Waals surface area contributed by atoms with Gasteiger partial charge in [-0.25, -0.2) is 4.98 Å². The van der Waals surface area contributed by atoms with Crippen molar-refractivity contribution in [3.63, 3.8) is 0 Å². The Bertz CT molecular complexity index is 1050.